The Morgan fingerprint density at radius 2 is 2.31 bits per heavy atom. The van der Waals surface area contributed by atoms with Crippen molar-refractivity contribution in [3.05, 3.63) is 34.9 Å². The molecule has 0 aliphatic carbocycles. The van der Waals surface area contributed by atoms with Crippen LogP contribution in [0.2, 0.25) is 5.02 Å². The van der Waals surface area contributed by atoms with Gasteiger partial charge in [-0.25, -0.2) is 0 Å². The number of rotatable bonds is 3. The van der Waals surface area contributed by atoms with Gasteiger partial charge in [-0.15, -0.1) is 0 Å². The Morgan fingerprint density at radius 3 is 3.06 bits per heavy atom. The molecule has 0 spiro atoms. The van der Waals surface area contributed by atoms with Crippen LogP contribution in [0.25, 0.3) is 0 Å². The van der Waals surface area contributed by atoms with Crippen molar-refractivity contribution in [1.82, 2.24) is 4.90 Å². The number of carbonyl (C=O) groups excluding carboxylic acids is 1. The molecule has 1 heterocycles. The minimum Gasteiger partial charge on any atom is -0.302 e. The smallest absolute Gasteiger partial charge is 0.137 e. The minimum absolute atomic E-state index is 0.0905. The van der Waals surface area contributed by atoms with E-state index in [1.165, 1.54) is 12.0 Å². The molecule has 1 aromatic rings. The third kappa shape index (κ3) is 2.83. The normalized spacial score (nSPS) is 21.9. The first kappa shape index (κ1) is 11.6. The Morgan fingerprint density at radius 1 is 1.44 bits per heavy atom. The van der Waals surface area contributed by atoms with E-state index in [0.717, 1.165) is 37.2 Å². The van der Waals surface area contributed by atoms with E-state index < -0.39 is 0 Å². The van der Waals surface area contributed by atoms with Gasteiger partial charge in [0.05, 0.1) is 6.04 Å². The van der Waals surface area contributed by atoms with E-state index in [1.807, 2.05) is 18.2 Å². The summed E-state index contributed by atoms with van der Waals surface area (Å²) in [4.78, 5) is 13.2. The van der Waals surface area contributed by atoms with Gasteiger partial charge in [-0.2, -0.15) is 0 Å². The summed E-state index contributed by atoms with van der Waals surface area (Å²) in [6.07, 6.45) is 4.41. The average molecular weight is 238 g/mol. The Bertz CT molecular complexity index is 367. The summed E-state index contributed by atoms with van der Waals surface area (Å²) in [5.41, 5.74) is 1.18. The molecule has 1 aliphatic heterocycles. The largest absolute Gasteiger partial charge is 0.302 e. The molecular weight excluding hydrogens is 222 g/mol. The number of piperidine rings is 1. The molecule has 1 aliphatic rings. The van der Waals surface area contributed by atoms with Gasteiger partial charge in [-0.05, 0) is 37.1 Å². The van der Waals surface area contributed by atoms with Crippen molar-refractivity contribution in [2.75, 3.05) is 6.54 Å². The van der Waals surface area contributed by atoms with E-state index in [9.17, 15) is 4.79 Å². The molecule has 0 aromatic heterocycles. The lowest BCUT2D eigenvalue weighted by Gasteiger charge is -2.32. The van der Waals surface area contributed by atoms with Crippen LogP contribution in [0, 0.1) is 0 Å². The number of aldehydes is 1. The highest BCUT2D eigenvalue weighted by molar-refractivity contribution is 6.30. The van der Waals surface area contributed by atoms with Gasteiger partial charge in [0.15, 0.2) is 0 Å². The minimum atomic E-state index is 0.0905. The molecule has 0 bridgehead atoms. The van der Waals surface area contributed by atoms with E-state index in [0.29, 0.717) is 0 Å². The monoisotopic (exact) mass is 237 g/mol. The van der Waals surface area contributed by atoms with Crippen molar-refractivity contribution < 1.29 is 4.79 Å². The second kappa shape index (κ2) is 5.46. The first-order chi connectivity index (χ1) is 7.79. The standard InChI is InChI=1S/C13H16ClNO/c14-12-5-3-4-11(8-12)9-15-7-2-1-6-13(15)10-16/h3-5,8,10,13H,1-2,6-7,9H2. The molecule has 16 heavy (non-hydrogen) atoms. The number of hydrogen-bond donors (Lipinski definition) is 0. The second-order valence-electron chi connectivity index (χ2n) is 4.30. The molecular formula is C13H16ClNO. The molecule has 3 heteroatoms. The summed E-state index contributed by atoms with van der Waals surface area (Å²) >= 11 is 5.94. The zero-order chi connectivity index (χ0) is 11.4. The molecule has 2 nitrogen and oxygen atoms in total. The van der Waals surface area contributed by atoms with Crippen LogP contribution in [0.3, 0.4) is 0 Å². The fourth-order valence-electron chi connectivity index (χ4n) is 2.24. The molecule has 86 valence electrons. The van der Waals surface area contributed by atoms with Crippen LogP contribution in [0.15, 0.2) is 24.3 Å². The van der Waals surface area contributed by atoms with Crippen LogP contribution in [-0.2, 0) is 11.3 Å². The molecule has 0 radical (unpaired) electrons. The van der Waals surface area contributed by atoms with Crippen LogP contribution in [0.1, 0.15) is 24.8 Å². The van der Waals surface area contributed by atoms with Crippen LogP contribution < -0.4 is 0 Å². The number of benzene rings is 1. The number of carbonyl (C=O) groups is 1. The zero-order valence-corrected chi connectivity index (χ0v) is 9.99. The van der Waals surface area contributed by atoms with Crippen molar-refractivity contribution in [2.45, 2.75) is 31.8 Å². The highest BCUT2D eigenvalue weighted by atomic mass is 35.5. The third-order valence-electron chi connectivity index (χ3n) is 3.10. The molecule has 1 unspecified atom stereocenters. The van der Waals surface area contributed by atoms with E-state index >= 15 is 0 Å². The van der Waals surface area contributed by atoms with Crippen LogP contribution in [0.5, 0.6) is 0 Å². The number of likely N-dealkylation sites (tertiary alicyclic amines) is 1. The number of halogens is 1. The summed E-state index contributed by atoms with van der Waals surface area (Å²) in [5.74, 6) is 0. The summed E-state index contributed by atoms with van der Waals surface area (Å²) in [6.45, 7) is 1.83. The van der Waals surface area contributed by atoms with Gasteiger partial charge in [0.25, 0.3) is 0 Å². The van der Waals surface area contributed by atoms with Gasteiger partial charge in [-0.1, -0.05) is 30.2 Å². The Hall–Kier alpha value is -0.860. The SMILES string of the molecule is O=CC1CCCCN1Cc1cccc(Cl)c1. The Kier molecular flexibility index (Phi) is 3.97. The van der Waals surface area contributed by atoms with Gasteiger partial charge in [0, 0.05) is 11.6 Å². The molecule has 0 N–H and O–H groups in total. The summed E-state index contributed by atoms with van der Waals surface area (Å²) in [7, 11) is 0. The maximum Gasteiger partial charge on any atom is 0.137 e. The second-order valence-corrected chi connectivity index (χ2v) is 4.74. The Labute approximate surface area is 101 Å². The molecule has 0 saturated carbocycles. The zero-order valence-electron chi connectivity index (χ0n) is 9.23. The number of nitrogens with zero attached hydrogens (tertiary/aromatic N) is 1. The van der Waals surface area contributed by atoms with Crippen LogP contribution >= 0.6 is 11.6 Å². The van der Waals surface area contributed by atoms with Gasteiger partial charge in [0.2, 0.25) is 0 Å². The maximum absolute atomic E-state index is 11.0. The van der Waals surface area contributed by atoms with E-state index in [2.05, 4.69) is 11.0 Å². The fraction of sp³-hybridized carbons (Fsp3) is 0.462. The molecule has 1 fully saturated rings. The van der Waals surface area contributed by atoms with Crippen LogP contribution in [-0.4, -0.2) is 23.8 Å². The van der Waals surface area contributed by atoms with Gasteiger partial charge in [0.1, 0.15) is 6.29 Å². The first-order valence-electron chi connectivity index (χ1n) is 5.73. The summed E-state index contributed by atoms with van der Waals surface area (Å²) in [5, 5.41) is 0.761. The predicted octanol–water partition coefficient (Wildman–Crippen LogP) is 2.89. The molecule has 1 atom stereocenters. The molecule has 1 aromatic carbocycles. The average Bonchev–Trinajstić information content (AvgIpc) is 2.30. The highest BCUT2D eigenvalue weighted by Gasteiger charge is 2.21. The maximum atomic E-state index is 11.0. The number of hydrogen-bond acceptors (Lipinski definition) is 2. The predicted molar refractivity (Wildman–Crippen MR) is 65.6 cm³/mol. The summed E-state index contributed by atoms with van der Waals surface area (Å²) < 4.78 is 0. The van der Waals surface area contributed by atoms with Crippen molar-refractivity contribution in [2.24, 2.45) is 0 Å². The fourth-order valence-corrected chi connectivity index (χ4v) is 2.45. The molecule has 0 amide bonds. The lowest BCUT2D eigenvalue weighted by atomic mass is 10.0. The summed E-state index contributed by atoms with van der Waals surface area (Å²) in [6, 6.07) is 7.95. The van der Waals surface area contributed by atoms with E-state index in [4.69, 9.17) is 11.6 Å². The third-order valence-corrected chi connectivity index (χ3v) is 3.33. The molecule has 1 saturated heterocycles. The van der Waals surface area contributed by atoms with Gasteiger partial charge in [-0.3, -0.25) is 4.90 Å². The van der Waals surface area contributed by atoms with Crippen molar-refractivity contribution in [3.8, 4) is 0 Å². The lowest BCUT2D eigenvalue weighted by Crippen LogP contribution is -2.39. The van der Waals surface area contributed by atoms with Crippen molar-refractivity contribution in [3.63, 3.8) is 0 Å². The van der Waals surface area contributed by atoms with Gasteiger partial charge >= 0.3 is 0 Å². The van der Waals surface area contributed by atoms with Gasteiger partial charge < -0.3 is 4.79 Å². The van der Waals surface area contributed by atoms with E-state index in [-0.39, 0.29) is 6.04 Å². The quantitative estimate of drug-likeness (QED) is 0.754. The van der Waals surface area contributed by atoms with Crippen molar-refractivity contribution in [1.29, 1.82) is 0 Å². The van der Waals surface area contributed by atoms with Crippen LogP contribution in [0.4, 0.5) is 0 Å². The molecule has 2 rings (SSSR count). The lowest BCUT2D eigenvalue weighted by molar-refractivity contribution is -0.113. The van der Waals surface area contributed by atoms with E-state index in [1.54, 1.807) is 0 Å². The van der Waals surface area contributed by atoms with Crippen molar-refractivity contribution >= 4 is 17.9 Å². The highest BCUT2D eigenvalue weighted by Crippen LogP contribution is 2.19. The first-order valence-corrected chi connectivity index (χ1v) is 6.11. The Balaban J connectivity index is 2.04. The topological polar surface area (TPSA) is 20.3 Å².